The fourth-order valence-corrected chi connectivity index (χ4v) is 2.67. The maximum atomic E-state index is 10.9. The molecule has 0 atom stereocenters. The third kappa shape index (κ3) is 2.61. The summed E-state index contributed by atoms with van der Waals surface area (Å²) < 4.78 is 13.2. The second kappa shape index (κ2) is 5.19. The Balaban J connectivity index is 2.16. The Morgan fingerprint density at radius 2 is 1.91 bits per heavy atom. The van der Waals surface area contributed by atoms with Gasteiger partial charge in [0.05, 0.1) is 17.5 Å². The number of hydrogen-bond donors (Lipinski definition) is 1. The molecule has 0 spiro atoms. The number of benzene rings is 1. The van der Waals surface area contributed by atoms with Crippen molar-refractivity contribution < 1.29 is 19.4 Å². The predicted octanol–water partition coefficient (Wildman–Crippen LogP) is 2.58. The molecule has 1 aliphatic rings. The Morgan fingerprint density at radius 1 is 1.27 bits per heavy atom. The van der Waals surface area contributed by atoms with Crippen LogP contribution in [-0.2, 0) is 16.8 Å². The normalized spacial score (nSPS) is 14.3. The van der Waals surface area contributed by atoms with Gasteiger partial charge >= 0.3 is 5.97 Å². The molecule has 1 aliphatic heterocycles. The Hall–Kier alpha value is -2.24. The van der Waals surface area contributed by atoms with Gasteiger partial charge in [0.1, 0.15) is 19.0 Å². The number of aromatic nitrogens is 2. The summed E-state index contributed by atoms with van der Waals surface area (Å²) in [5.41, 5.74) is 1.51. The van der Waals surface area contributed by atoms with Crippen molar-refractivity contribution >= 4 is 17.0 Å². The van der Waals surface area contributed by atoms with Crippen LogP contribution in [0.15, 0.2) is 12.1 Å². The quantitative estimate of drug-likeness (QED) is 0.943. The van der Waals surface area contributed by atoms with Crippen molar-refractivity contribution in [2.24, 2.45) is 0 Å². The van der Waals surface area contributed by atoms with Crippen molar-refractivity contribution in [3.63, 3.8) is 0 Å². The first-order chi connectivity index (χ1) is 10.4. The largest absolute Gasteiger partial charge is 0.486 e. The lowest BCUT2D eigenvalue weighted by Crippen LogP contribution is -2.20. The smallest absolute Gasteiger partial charge is 0.305 e. The second-order valence-corrected chi connectivity index (χ2v) is 6.47. The van der Waals surface area contributed by atoms with Crippen LogP contribution in [0.4, 0.5) is 0 Å². The number of aryl methyl sites for hydroxylation is 1. The van der Waals surface area contributed by atoms with E-state index in [0.717, 1.165) is 16.9 Å². The summed E-state index contributed by atoms with van der Waals surface area (Å²) in [5, 5.41) is 8.99. The summed E-state index contributed by atoms with van der Waals surface area (Å²) in [6.07, 6.45) is 0.0585. The van der Waals surface area contributed by atoms with E-state index >= 15 is 0 Å². The Kier molecular flexibility index (Phi) is 3.47. The first-order valence-corrected chi connectivity index (χ1v) is 7.38. The molecule has 22 heavy (non-hydrogen) atoms. The molecule has 0 bridgehead atoms. The molecular weight excluding hydrogens is 284 g/mol. The molecule has 0 radical (unpaired) electrons. The minimum atomic E-state index is -0.820. The molecular formula is C16H20N2O4. The number of carboxylic acids is 1. The van der Waals surface area contributed by atoms with E-state index in [0.29, 0.717) is 31.3 Å². The lowest BCUT2D eigenvalue weighted by molar-refractivity contribution is -0.137. The van der Waals surface area contributed by atoms with E-state index in [4.69, 9.17) is 19.6 Å². The molecule has 118 valence electrons. The van der Waals surface area contributed by atoms with E-state index in [2.05, 4.69) is 20.8 Å². The van der Waals surface area contributed by atoms with Crippen LogP contribution in [0, 0.1) is 0 Å². The van der Waals surface area contributed by atoms with Crippen LogP contribution in [0.3, 0.4) is 0 Å². The number of carbonyl (C=O) groups is 1. The molecule has 0 amide bonds. The van der Waals surface area contributed by atoms with Crippen LogP contribution in [0.5, 0.6) is 11.5 Å². The number of carboxylic acid groups (broad SMARTS) is 1. The number of rotatable bonds is 3. The van der Waals surface area contributed by atoms with Crippen molar-refractivity contribution in [2.75, 3.05) is 13.2 Å². The topological polar surface area (TPSA) is 73.6 Å². The minimum Gasteiger partial charge on any atom is -0.486 e. The van der Waals surface area contributed by atoms with Gasteiger partial charge in [0.15, 0.2) is 11.5 Å². The van der Waals surface area contributed by atoms with Crippen molar-refractivity contribution in [1.82, 2.24) is 9.55 Å². The molecule has 0 aliphatic carbocycles. The van der Waals surface area contributed by atoms with Gasteiger partial charge in [-0.05, 0) is 0 Å². The van der Waals surface area contributed by atoms with Gasteiger partial charge in [-0.2, -0.15) is 0 Å². The van der Waals surface area contributed by atoms with Crippen LogP contribution >= 0.6 is 0 Å². The van der Waals surface area contributed by atoms with Crippen molar-refractivity contribution in [3.8, 4) is 11.5 Å². The van der Waals surface area contributed by atoms with Crippen LogP contribution in [0.25, 0.3) is 11.0 Å². The van der Waals surface area contributed by atoms with E-state index in [1.165, 1.54) is 0 Å². The zero-order chi connectivity index (χ0) is 15.9. The van der Waals surface area contributed by atoms with Gasteiger partial charge in [0.2, 0.25) is 0 Å². The first kappa shape index (κ1) is 14.7. The molecule has 1 N–H and O–H groups in total. The summed E-state index contributed by atoms with van der Waals surface area (Å²) in [6, 6.07) is 3.77. The highest BCUT2D eigenvalue weighted by atomic mass is 16.6. The summed E-state index contributed by atoms with van der Waals surface area (Å²) in [6.45, 7) is 7.64. The molecule has 0 saturated heterocycles. The molecule has 1 aromatic heterocycles. The van der Waals surface area contributed by atoms with Crippen LogP contribution < -0.4 is 9.47 Å². The highest BCUT2D eigenvalue weighted by molar-refractivity contribution is 5.81. The maximum Gasteiger partial charge on any atom is 0.305 e. The summed E-state index contributed by atoms with van der Waals surface area (Å²) >= 11 is 0. The van der Waals surface area contributed by atoms with Gasteiger partial charge in [-0.15, -0.1) is 0 Å². The highest BCUT2D eigenvalue weighted by Gasteiger charge is 2.25. The monoisotopic (exact) mass is 304 g/mol. The molecule has 0 saturated carbocycles. The third-order valence-corrected chi connectivity index (χ3v) is 3.63. The fourth-order valence-electron chi connectivity index (χ4n) is 2.67. The Morgan fingerprint density at radius 3 is 2.50 bits per heavy atom. The van der Waals surface area contributed by atoms with E-state index < -0.39 is 5.97 Å². The first-order valence-electron chi connectivity index (χ1n) is 7.38. The van der Waals surface area contributed by atoms with Crippen molar-refractivity contribution in [1.29, 1.82) is 0 Å². The van der Waals surface area contributed by atoms with Crippen LogP contribution in [-0.4, -0.2) is 33.8 Å². The van der Waals surface area contributed by atoms with Crippen molar-refractivity contribution in [3.05, 3.63) is 18.0 Å². The van der Waals surface area contributed by atoms with Gasteiger partial charge in [-0.1, -0.05) is 20.8 Å². The second-order valence-electron chi connectivity index (χ2n) is 6.47. The third-order valence-electron chi connectivity index (χ3n) is 3.63. The molecule has 1 aromatic carbocycles. The van der Waals surface area contributed by atoms with Gasteiger partial charge in [0.25, 0.3) is 0 Å². The zero-order valence-corrected chi connectivity index (χ0v) is 13.0. The SMILES string of the molecule is CC(C)(C)c1nc2cc3c(cc2n1CCC(=O)O)OCCO3. The summed E-state index contributed by atoms with van der Waals surface area (Å²) in [5.74, 6) is 1.43. The molecule has 2 aromatic rings. The molecule has 6 heteroatoms. The number of nitrogens with zero attached hydrogens (tertiary/aromatic N) is 2. The van der Waals surface area contributed by atoms with Gasteiger partial charge in [-0.25, -0.2) is 4.98 Å². The highest BCUT2D eigenvalue weighted by Crippen LogP contribution is 2.36. The summed E-state index contributed by atoms with van der Waals surface area (Å²) in [4.78, 5) is 15.7. The Bertz CT molecular complexity index is 728. The van der Waals surface area contributed by atoms with Gasteiger partial charge < -0.3 is 19.1 Å². The van der Waals surface area contributed by atoms with Gasteiger partial charge in [-0.3, -0.25) is 4.79 Å². The lowest BCUT2D eigenvalue weighted by Gasteiger charge is -2.20. The molecule has 6 nitrogen and oxygen atoms in total. The van der Waals surface area contributed by atoms with Crippen LogP contribution in [0.2, 0.25) is 0 Å². The van der Waals surface area contributed by atoms with E-state index in [1.807, 2.05) is 16.7 Å². The zero-order valence-electron chi connectivity index (χ0n) is 13.0. The number of aliphatic carboxylic acids is 1. The van der Waals surface area contributed by atoms with Crippen molar-refractivity contribution in [2.45, 2.75) is 39.2 Å². The number of fused-ring (bicyclic) bond motifs is 2. The fraction of sp³-hybridized carbons (Fsp3) is 0.500. The number of hydrogen-bond acceptors (Lipinski definition) is 4. The van der Waals surface area contributed by atoms with E-state index in [-0.39, 0.29) is 11.8 Å². The van der Waals surface area contributed by atoms with E-state index in [9.17, 15) is 4.79 Å². The lowest BCUT2D eigenvalue weighted by atomic mass is 9.95. The Labute approximate surface area is 128 Å². The predicted molar refractivity (Wildman–Crippen MR) is 81.7 cm³/mol. The van der Waals surface area contributed by atoms with E-state index in [1.54, 1.807) is 0 Å². The molecule has 0 fully saturated rings. The summed E-state index contributed by atoms with van der Waals surface area (Å²) in [7, 11) is 0. The maximum absolute atomic E-state index is 10.9. The standard InChI is InChI=1S/C16H20N2O4/c1-16(2,3)15-17-10-8-12-13(22-7-6-21-12)9-11(10)18(15)5-4-14(19)20/h8-9H,4-7H2,1-3H3,(H,19,20). The molecule has 3 rings (SSSR count). The number of imidazole rings is 1. The average molecular weight is 304 g/mol. The van der Waals surface area contributed by atoms with Crippen LogP contribution in [0.1, 0.15) is 33.0 Å². The molecule has 2 heterocycles. The average Bonchev–Trinajstić information content (AvgIpc) is 2.80. The molecule has 0 unspecified atom stereocenters. The van der Waals surface area contributed by atoms with Gasteiger partial charge in [0, 0.05) is 24.1 Å². The minimum absolute atomic E-state index is 0.0585. The number of ether oxygens (including phenoxy) is 2.